The average molecular weight is 341 g/mol. The summed E-state index contributed by atoms with van der Waals surface area (Å²) in [5.74, 6) is 0.216. The average Bonchev–Trinajstić information content (AvgIpc) is 3.29. The predicted octanol–water partition coefficient (Wildman–Crippen LogP) is 1.71. The first-order valence-corrected chi connectivity index (χ1v) is 7.89. The van der Waals surface area contributed by atoms with Crippen LogP contribution in [0.2, 0.25) is 0 Å². The first-order chi connectivity index (χ1) is 12.2. The van der Waals surface area contributed by atoms with Gasteiger partial charge in [-0.3, -0.25) is 10.1 Å². The Kier molecular flexibility index (Phi) is 3.94. The molecular weight excluding hydrogens is 326 g/mol. The first kappa shape index (κ1) is 15.4. The minimum absolute atomic E-state index is 0.0326. The van der Waals surface area contributed by atoms with Crippen molar-refractivity contribution in [3.63, 3.8) is 0 Å². The van der Waals surface area contributed by atoms with Crippen molar-refractivity contribution in [1.82, 2.24) is 25.0 Å². The van der Waals surface area contributed by atoms with Crippen LogP contribution in [0, 0.1) is 10.1 Å². The highest BCUT2D eigenvalue weighted by Crippen LogP contribution is 2.29. The van der Waals surface area contributed by atoms with Gasteiger partial charge in [-0.1, -0.05) is 17.3 Å². The van der Waals surface area contributed by atoms with Crippen molar-refractivity contribution in [3.05, 3.63) is 40.7 Å². The summed E-state index contributed by atoms with van der Waals surface area (Å²) in [5.41, 5.74) is 1.02. The Morgan fingerprint density at radius 2 is 2.24 bits per heavy atom. The SMILES string of the molecule is O=[N+]([O-])c1c(NCC2CCCO2)ncnc1-n1nnc2ccccc21. The summed E-state index contributed by atoms with van der Waals surface area (Å²) in [4.78, 5) is 19.3. The van der Waals surface area contributed by atoms with Crippen LogP contribution in [0.15, 0.2) is 30.6 Å². The highest BCUT2D eigenvalue weighted by Gasteiger charge is 2.27. The van der Waals surface area contributed by atoms with Gasteiger partial charge >= 0.3 is 5.69 Å². The van der Waals surface area contributed by atoms with E-state index in [1.807, 2.05) is 12.1 Å². The maximum absolute atomic E-state index is 11.7. The number of anilines is 1. The molecule has 4 rings (SSSR count). The van der Waals surface area contributed by atoms with Gasteiger partial charge < -0.3 is 10.1 Å². The smallest absolute Gasteiger partial charge is 0.355 e. The van der Waals surface area contributed by atoms with Gasteiger partial charge in [0.2, 0.25) is 11.6 Å². The summed E-state index contributed by atoms with van der Waals surface area (Å²) in [6, 6.07) is 7.19. The van der Waals surface area contributed by atoms with E-state index in [9.17, 15) is 10.1 Å². The van der Waals surface area contributed by atoms with Gasteiger partial charge in [-0.2, -0.15) is 4.68 Å². The fourth-order valence-corrected chi connectivity index (χ4v) is 2.86. The number of hydrogen-bond donors (Lipinski definition) is 1. The Balaban J connectivity index is 1.74. The molecule has 10 nitrogen and oxygen atoms in total. The summed E-state index contributed by atoms with van der Waals surface area (Å²) < 4.78 is 6.89. The van der Waals surface area contributed by atoms with Crippen LogP contribution in [0.3, 0.4) is 0 Å². The van der Waals surface area contributed by atoms with E-state index in [-0.39, 0.29) is 23.4 Å². The molecule has 2 aromatic heterocycles. The van der Waals surface area contributed by atoms with E-state index in [2.05, 4.69) is 25.6 Å². The van der Waals surface area contributed by atoms with Gasteiger partial charge in [0, 0.05) is 13.2 Å². The minimum atomic E-state index is -0.510. The molecule has 1 unspecified atom stereocenters. The van der Waals surface area contributed by atoms with Crippen LogP contribution < -0.4 is 5.32 Å². The monoisotopic (exact) mass is 341 g/mol. The molecule has 0 spiro atoms. The highest BCUT2D eigenvalue weighted by atomic mass is 16.6. The van der Waals surface area contributed by atoms with Gasteiger partial charge in [0.15, 0.2) is 0 Å². The number of fused-ring (bicyclic) bond motifs is 1. The van der Waals surface area contributed by atoms with E-state index < -0.39 is 4.92 Å². The molecule has 0 saturated carbocycles. The quantitative estimate of drug-likeness (QED) is 0.550. The van der Waals surface area contributed by atoms with E-state index >= 15 is 0 Å². The maximum atomic E-state index is 11.7. The number of nitrogens with zero attached hydrogens (tertiary/aromatic N) is 6. The van der Waals surface area contributed by atoms with E-state index in [1.165, 1.54) is 11.0 Å². The zero-order chi connectivity index (χ0) is 17.2. The van der Waals surface area contributed by atoms with Gasteiger partial charge in [0.1, 0.15) is 11.8 Å². The number of ether oxygens (including phenoxy) is 1. The molecule has 1 saturated heterocycles. The Bertz CT molecular complexity index is 920. The molecule has 1 N–H and O–H groups in total. The van der Waals surface area contributed by atoms with Crippen molar-refractivity contribution in [2.75, 3.05) is 18.5 Å². The molecule has 10 heteroatoms. The largest absolute Gasteiger partial charge is 0.376 e. The number of hydrogen-bond acceptors (Lipinski definition) is 8. The summed E-state index contributed by atoms with van der Waals surface area (Å²) in [6.07, 6.45) is 3.22. The van der Waals surface area contributed by atoms with Crippen molar-refractivity contribution < 1.29 is 9.66 Å². The number of benzene rings is 1. The molecule has 3 aromatic rings. The van der Waals surface area contributed by atoms with Crippen molar-refractivity contribution in [2.24, 2.45) is 0 Å². The number of nitrogens with one attached hydrogen (secondary N) is 1. The number of aromatic nitrogens is 5. The lowest BCUT2D eigenvalue weighted by molar-refractivity contribution is -0.384. The van der Waals surface area contributed by atoms with E-state index in [1.54, 1.807) is 12.1 Å². The molecule has 25 heavy (non-hydrogen) atoms. The lowest BCUT2D eigenvalue weighted by atomic mass is 10.2. The Hall–Kier alpha value is -3.14. The summed E-state index contributed by atoms with van der Waals surface area (Å²) in [6.45, 7) is 1.17. The van der Waals surface area contributed by atoms with Crippen molar-refractivity contribution in [1.29, 1.82) is 0 Å². The van der Waals surface area contributed by atoms with Gasteiger partial charge in [-0.15, -0.1) is 5.10 Å². The van der Waals surface area contributed by atoms with Crippen LogP contribution in [0.5, 0.6) is 0 Å². The fraction of sp³-hybridized carbons (Fsp3) is 0.333. The number of para-hydroxylation sites is 1. The molecule has 1 aromatic carbocycles. The van der Waals surface area contributed by atoms with Gasteiger partial charge in [-0.05, 0) is 25.0 Å². The second kappa shape index (κ2) is 6.40. The molecule has 128 valence electrons. The highest BCUT2D eigenvalue weighted by molar-refractivity contribution is 5.77. The standard InChI is InChI=1S/C15H15N7O3/c23-22(24)13-14(16-8-10-4-3-7-25-10)17-9-18-15(13)21-12-6-2-1-5-11(12)19-20-21/h1-2,5-6,9-10H,3-4,7-8H2,(H,16,17,18). The Morgan fingerprint density at radius 3 is 3.04 bits per heavy atom. The van der Waals surface area contributed by atoms with Crippen molar-refractivity contribution in [2.45, 2.75) is 18.9 Å². The summed E-state index contributed by atoms with van der Waals surface area (Å²) in [5, 5.41) is 22.7. The van der Waals surface area contributed by atoms with Gasteiger partial charge in [0.05, 0.1) is 16.5 Å². The summed E-state index contributed by atoms with van der Waals surface area (Å²) >= 11 is 0. The van der Waals surface area contributed by atoms with Crippen LogP contribution in [-0.2, 0) is 4.74 Å². The normalized spacial score (nSPS) is 17.0. The van der Waals surface area contributed by atoms with E-state index in [4.69, 9.17) is 4.74 Å². The number of rotatable bonds is 5. The van der Waals surface area contributed by atoms with Gasteiger partial charge in [0.25, 0.3) is 0 Å². The lowest BCUT2D eigenvalue weighted by Crippen LogP contribution is -2.20. The third-order valence-corrected chi connectivity index (χ3v) is 4.06. The Labute approximate surface area is 142 Å². The molecule has 0 aliphatic carbocycles. The molecule has 1 fully saturated rings. The minimum Gasteiger partial charge on any atom is -0.376 e. The molecular formula is C15H15N7O3. The summed E-state index contributed by atoms with van der Waals surface area (Å²) in [7, 11) is 0. The fourth-order valence-electron chi connectivity index (χ4n) is 2.86. The molecule has 1 aliphatic heterocycles. The van der Waals surface area contributed by atoms with Gasteiger partial charge in [-0.25, -0.2) is 9.97 Å². The van der Waals surface area contributed by atoms with Crippen molar-refractivity contribution in [3.8, 4) is 5.82 Å². The van der Waals surface area contributed by atoms with Crippen molar-refractivity contribution >= 4 is 22.5 Å². The molecule has 1 atom stereocenters. The molecule has 0 bridgehead atoms. The number of nitro groups is 1. The third-order valence-electron chi connectivity index (χ3n) is 4.06. The Morgan fingerprint density at radius 1 is 1.36 bits per heavy atom. The zero-order valence-corrected chi connectivity index (χ0v) is 13.2. The van der Waals surface area contributed by atoms with Crippen LogP contribution in [0.1, 0.15) is 12.8 Å². The van der Waals surface area contributed by atoms with Crippen LogP contribution >= 0.6 is 0 Å². The molecule has 3 heterocycles. The second-order valence-electron chi connectivity index (χ2n) is 5.66. The second-order valence-corrected chi connectivity index (χ2v) is 5.66. The van der Waals surface area contributed by atoms with Crippen LogP contribution in [0.4, 0.5) is 11.5 Å². The molecule has 0 radical (unpaired) electrons. The first-order valence-electron chi connectivity index (χ1n) is 7.89. The molecule has 1 aliphatic rings. The van der Waals surface area contributed by atoms with E-state index in [0.717, 1.165) is 12.8 Å². The molecule has 0 amide bonds. The zero-order valence-electron chi connectivity index (χ0n) is 13.2. The van der Waals surface area contributed by atoms with Crippen LogP contribution in [-0.4, -0.2) is 49.1 Å². The van der Waals surface area contributed by atoms with Crippen LogP contribution in [0.25, 0.3) is 16.9 Å². The third kappa shape index (κ3) is 2.87. The van der Waals surface area contributed by atoms with E-state index in [0.29, 0.717) is 24.2 Å². The maximum Gasteiger partial charge on any atom is 0.355 e. The predicted molar refractivity (Wildman–Crippen MR) is 88.6 cm³/mol. The lowest BCUT2D eigenvalue weighted by Gasteiger charge is -2.12. The topological polar surface area (TPSA) is 121 Å².